The fourth-order valence-electron chi connectivity index (χ4n) is 3.13. The second-order valence-corrected chi connectivity index (χ2v) is 8.93. The van der Waals surface area contributed by atoms with Crippen LogP contribution in [-0.2, 0) is 22.0 Å². The number of nitrogens with zero attached hydrogens (tertiary/aromatic N) is 1. The van der Waals surface area contributed by atoms with Gasteiger partial charge in [-0.3, -0.25) is 9.20 Å². The van der Waals surface area contributed by atoms with Gasteiger partial charge in [0, 0.05) is 52.9 Å². The molecule has 6 heteroatoms. The first-order valence-electron chi connectivity index (χ1n) is 9.21. The molecule has 1 aliphatic carbocycles. The van der Waals surface area contributed by atoms with Gasteiger partial charge < -0.3 is 10.6 Å². The number of halogens is 1. The first kappa shape index (κ1) is 19.9. The first-order chi connectivity index (χ1) is 13.1. The molecule has 0 heterocycles. The highest BCUT2D eigenvalue weighted by molar-refractivity contribution is 7.84. The van der Waals surface area contributed by atoms with E-state index in [4.69, 9.17) is 11.6 Å². The van der Waals surface area contributed by atoms with Crippen LogP contribution in [0.15, 0.2) is 59.6 Å². The average Bonchev–Trinajstić information content (AvgIpc) is 3.46. The van der Waals surface area contributed by atoms with E-state index in [0.717, 1.165) is 35.9 Å². The van der Waals surface area contributed by atoms with E-state index in [1.807, 2.05) is 42.5 Å². The monoisotopic (exact) mass is 403 g/mol. The highest BCUT2D eigenvalue weighted by Crippen LogP contribution is 2.48. The molecule has 2 N–H and O–H groups in total. The van der Waals surface area contributed by atoms with E-state index in [9.17, 15) is 4.21 Å². The number of nitrogens with one attached hydrogen (secondary N) is 2. The molecule has 0 spiro atoms. The number of hydrogen-bond acceptors (Lipinski definition) is 2. The molecule has 1 atom stereocenters. The molecule has 0 aromatic heterocycles. The van der Waals surface area contributed by atoms with Crippen LogP contribution >= 0.6 is 11.6 Å². The third-order valence-electron chi connectivity index (χ3n) is 4.90. The fraction of sp³-hybridized carbons (Fsp3) is 0.381. The van der Waals surface area contributed by atoms with Crippen LogP contribution in [0.1, 0.15) is 24.0 Å². The van der Waals surface area contributed by atoms with Gasteiger partial charge in [0.15, 0.2) is 5.96 Å². The van der Waals surface area contributed by atoms with Gasteiger partial charge in [-0.05, 0) is 36.1 Å². The van der Waals surface area contributed by atoms with Crippen molar-refractivity contribution >= 4 is 28.4 Å². The Morgan fingerprint density at radius 2 is 1.93 bits per heavy atom. The van der Waals surface area contributed by atoms with E-state index in [2.05, 4.69) is 27.8 Å². The zero-order valence-electron chi connectivity index (χ0n) is 15.6. The smallest absolute Gasteiger partial charge is 0.191 e. The first-order valence-corrected chi connectivity index (χ1v) is 11.1. The second kappa shape index (κ2) is 9.38. The van der Waals surface area contributed by atoms with Crippen molar-refractivity contribution in [2.24, 2.45) is 4.99 Å². The SMILES string of the molecule is CN=C(NCCS(=O)Cc1ccccc1)NCC1(c2cccc(Cl)c2)CC1. The predicted octanol–water partition coefficient (Wildman–Crippen LogP) is 3.49. The molecular formula is C21H26ClN3OS. The maximum Gasteiger partial charge on any atom is 0.191 e. The van der Waals surface area contributed by atoms with E-state index in [-0.39, 0.29) is 5.41 Å². The summed E-state index contributed by atoms with van der Waals surface area (Å²) in [5.74, 6) is 1.93. The summed E-state index contributed by atoms with van der Waals surface area (Å²) in [5, 5.41) is 7.46. The fourth-order valence-corrected chi connectivity index (χ4v) is 4.35. The molecule has 0 aliphatic heterocycles. The normalized spacial score (nSPS) is 16.6. The lowest BCUT2D eigenvalue weighted by Gasteiger charge is -2.19. The van der Waals surface area contributed by atoms with Crippen LogP contribution in [0.5, 0.6) is 0 Å². The van der Waals surface area contributed by atoms with Gasteiger partial charge in [0.05, 0.1) is 0 Å². The van der Waals surface area contributed by atoms with Crippen molar-refractivity contribution in [3.8, 4) is 0 Å². The van der Waals surface area contributed by atoms with Crippen molar-refractivity contribution < 1.29 is 4.21 Å². The zero-order valence-corrected chi connectivity index (χ0v) is 17.2. The van der Waals surface area contributed by atoms with Crippen molar-refractivity contribution in [2.75, 3.05) is 25.9 Å². The summed E-state index contributed by atoms with van der Waals surface area (Å²) in [7, 11) is 0.869. The van der Waals surface area contributed by atoms with Crippen LogP contribution in [0.4, 0.5) is 0 Å². The Labute approximate surface area is 168 Å². The van der Waals surface area contributed by atoms with Gasteiger partial charge in [-0.1, -0.05) is 54.1 Å². The summed E-state index contributed by atoms with van der Waals surface area (Å²) in [4.78, 5) is 4.28. The second-order valence-electron chi connectivity index (χ2n) is 6.92. The number of rotatable bonds is 8. The van der Waals surface area contributed by atoms with Crippen molar-refractivity contribution in [3.05, 3.63) is 70.7 Å². The average molecular weight is 404 g/mol. The zero-order chi connectivity index (χ0) is 19.1. The minimum atomic E-state index is -0.890. The predicted molar refractivity (Wildman–Crippen MR) is 115 cm³/mol. The molecular weight excluding hydrogens is 378 g/mol. The largest absolute Gasteiger partial charge is 0.356 e. The molecule has 2 aromatic carbocycles. The maximum atomic E-state index is 12.2. The van der Waals surface area contributed by atoms with Crippen molar-refractivity contribution in [1.82, 2.24) is 10.6 Å². The van der Waals surface area contributed by atoms with E-state index in [1.54, 1.807) is 7.05 Å². The van der Waals surface area contributed by atoms with Gasteiger partial charge in [0.1, 0.15) is 0 Å². The molecule has 0 saturated heterocycles. The van der Waals surface area contributed by atoms with E-state index in [0.29, 0.717) is 18.1 Å². The Morgan fingerprint density at radius 3 is 2.59 bits per heavy atom. The molecule has 1 fully saturated rings. The van der Waals surface area contributed by atoms with E-state index < -0.39 is 10.8 Å². The summed E-state index contributed by atoms with van der Waals surface area (Å²) in [6.45, 7) is 1.45. The highest BCUT2D eigenvalue weighted by atomic mass is 35.5. The Morgan fingerprint density at radius 1 is 1.15 bits per heavy atom. The molecule has 0 radical (unpaired) electrons. The lowest BCUT2D eigenvalue weighted by molar-refractivity contribution is 0.647. The lowest BCUT2D eigenvalue weighted by Crippen LogP contribution is -2.42. The van der Waals surface area contributed by atoms with Crippen LogP contribution in [0.25, 0.3) is 0 Å². The highest BCUT2D eigenvalue weighted by Gasteiger charge is 2.44. The van der Waals surface area contributed by atoms with Gasteiger partial charge in [0.25, 0.3) is 0 Å². The third-order valence-corrected chi connectivity index (χ3v) is 6.45. The topological polar surface area (TPSA) is 53.5 Å². The van der Waals surface area contributed by atoms with Crippen molar-refractivity contribution in [2.45, 2.75) is 24.0 Å². The lowest BCUT2D eigenvalue weighted by atomic mass is 9.96. The Kier molecular flexibility index (Phi) is 6.91. The molecule has 3 rings (SSSR count). The van der Waals surface area contributed by atoms with Gasteiger partial charge >= 0.3 is 0 Å². The van der Waals surface area contributed by atoms with Gasteiger partial charge in [-0.25, -0.2) is 0 Å². The summed E-state index contributed by atoms with van der Waals surface area (Å²) >= 11 is 6.14. The Balaban J connectivity index is 1.43. The van der Waals surface area contributed by atoms with Crippen molar-refractivity contribution in [3.63, 3.8) is 0 Å². The number of benzene rings is 2. The molecule has 1 saturated carbocycles. The van der Waals surface area contributed by atoms with Gasteiger partial charge in [-0.15, -0.1) is 0 Å². The minimum Gasteiger partial charge on any atom is -0.356 e. The van der Waals surface area contributed by atoms with Crippen LogP contribution < -0.4 is 10.6 Å². The number of guanidine groups is 1. The molecule has 4 nitrogen and oxygen atoms in total. The van der Waals surface area contributed by atoms with Crippen molar-refractivity contribution in [1.29, 1.82) is 0 Å². The number of aliphatic imine (C=N–C) groups is 1. The number of hydrogen-bond donors (Lipinski definition) is 2. The van der Waals surface area contributed by atoms with Crippen LogP contribution in [-0.4, -0.2) is 36.1 Å². The Hall–Kier alpha value is -1.85. The van der Waals surface area contributed by atoms with Crippen LogP contribution in [0, 0.1) is 0 Å². The summed E-state index contributed by atoms with van der Waals surface area (Å²) in [6, 6.07) is 18.1. The molecule has 1 aliphatic rings. The Bertz CT molecular complexity index is 806. The standard InChI is InChI=1S/C21H26ClN3OS/c1-23-20(24-12-13-27(26)15-17-6-3-2-4-7-17)25-16-21(10-11-21)18-8-5-9-19(22)14-18/h2-9,14H,10-13,15-16H2,1H3,(H2,23,24,25). The summed E-state index contributed by atoms with van der Waals surface area (Å²) in [5.41, 5.74) is 2.54. The van der Waals surface area contributed by atoms with Gasteiger partial charge in [-0.2, -0.15) is 0 Å². The van der Waals surface area contributed by atoms with Crippen LogP contribution in [0.3, 0.4) is 0 Å². The summed E-state index contributed by atoms with van der Waals surface area (Å²) < 4.78 is 12.2. The van der Waals surface area contributed by atoms with Crippen LogP contribution in [0.2, 0.25) is 5.02 Å². The molecule has 0 bridgehead atoms. The van der Waals surface area contributed by atoms with Gasteiger partial charge in [0.2, 0.25) is 0 Å². The van der Waals surface area contributed by atoms with E-state index >= 15 is 0 Å². The molecule has 0 amide bonds. The maximum absolute atomic E-state index is 12.2. The molecule has 2 aromatic rings. The summed E-state index contributed by atoms with van der Waals surface area (Å²) in [6.07, 6.45) is 2.30. The third kappa shape index (κ3) is 5.81. The minimum absolute atomic E-state index is 0.151. The molecule has 27 heavy (non-hydrogen) atoms. The molecule has 1 unspecified atom stereocenters. The molecule has 144 valence electrons. The quantitative estimate of drug-likeness (QED) is 0.524. The van der Waals surface area contributed by atoms with E-state index in [1.165, 1.54) is 5.56 Å².